The zero-order valence-electron chi connectivity index (χ0n) is 9.27. The van der Waals surface area contributed by atoms with E-state index in [4.69, 9.17) is 10.2 Å². The molecule has 100 valence electrons. The molecule has 0 saturated carbocycles. The van der Waals surface area contributed by atoms with Crippen LogP contribution in [0.1, 0.15) is 5.56 Å². The summed E-state index contributed by atoms with van der Waals surface area (Å²) < 4.78 is 26.3. The molecule has 1 atom stereocenters. The van der Waals surface area contributed by atoms with E-state index in [9.17, 15) is 18.9 Å². The monoisotopic (exact) mass is 262 g/mol. The zero-order chi connectivity index (χ0) is 13.7. The van der Waals surface area contributed by atoms with Gasteiger partial charge < -0.3 is 15.5 Å². The number of aliphatic hydroxyl groups excluding tert-OH is 2. The summed E-state index contributed by atoms with van der Waals surface area (Å²) in [5.74, 6) is -2.15. The van der Waals surface area contributed by atoms with Gasteiger partial charge in [0.15, 0.2) is 0 Å². The summed E-state index contributed by atoms with van der Waals surface area (Å²) >= 11 is 0. The van der Waals surface area contributed by atoms with Gasteiger partial charge in [-0.1, -0.05) is 0 Å². The number of aliphatic hydroxyl groups is 2. The second kappa shape index (κ2) is 6.34. The van der Waals surface area contributed by atoms with E-state index in [0.29, 0.717) is 6.07 Å². The van der Waals surface area contributed by atoms with Crippen LogP contribution >= 0.6 is 0 Å². The highest BCUT2D eigenvalue weighted by atomic mass is 19.1. The number of halogens is 2. The highest BCUT2D eigenvalue weighted by molar-refractivity contribution is 5.37. The largest absolute Gasteiger partial charge is 0.394 e. The highest BCUT2D eigenvalue weighted by Crippen LogP contribution is 2.21. The number of benzene rings is 1. The quantitative estimate of drug-likeness (QED) is 0.506. The van der Waals surface area contributed by atoms with Crippen molar-refractivity contribution in [1.82, 2.24) is 5.32 Å². The van der Waals surface area contributed by atoms with E-state index in [1.807, 2.05) is 0 Å². The maximum absolute atomic E-state index is 13.3. The van der Waals surface area contributed by atoms with Crippen LogP contribution in [0.5, 0.6) is 0 Å². The summed E-state index contributed by atoms with van der Waals surface area (Å²) in [4.78, 5) is 9.52. The fraction of sp³-hybridized carbons (Fsp3) is 0.400. The third-order valence-electron chi connectivity index (χ3n) is 2.22. The maximum Gasteiger partial charge on any atom is 0.305 e. The fourth-order valence-corrected chi connectivity index (χ4v) is 1.29. The third kappa shape index (κ3) is 3.69. The van der Waals surface area contributed by atoms with Gasteiger partial charge >= 0.3 is 5.69 Å². The summed E-state index contributed by atoms with van der Waals surface area (Å²) in [5.41, 5.74) is -0.899. The van der Waals surface area contributed by atoms with Crippen LogP contribution in [0.3, 0.4) is 0 Å². The predicted molar refractivity (Wildman–Crippen MR) is 57.8 cm³/mol. The van der Waals surface area contributed by atoms with Crippen molar-refractivity contribution >= 4 is 5.69 Å². The van der Waals surface area contributed by atoms with Gasteiger partial charge in [-0.15, -0.1) is 0 Å². The summed E-state index contributed by atoms with van der Waals surface area (Å²) in [5, 5.41) is 30.6. The Balaban J connectivity index is 2.76. The molecule has 18 heavy (non-hydrogen) atoms. The maximum atomic E-state index is 13.3. The SMILES string of the molecule is O=[N+]([O-])c1cc(CNCC(O)CO)c(F)cc1F. The molecule has 0 radical (unpaired) electrons. The van der Waals surface area contributed by atoms with Crippen LogP contribution in [-0.4, -0.2) is 34.4 Å². The Kier molecular flexibility index (Phi) is 5.08. The van der Waals surface area contributed by atoms with Gasteiger partial charge in [-0.05, 0) is 0 Å². The van der Waals surface area contributed by atoms with Crippen LogP contribution in [0.25, 0.3) is 0 Å². The topological polar surface area (TPSA) is 95.6 Å². The van der Waals surface area contributed by atoms with Crippen LogP contribution in [-0.2, 0) is 6.54 Å². The zero-order valence-corrected chi connectivity index (χ0v) is 9.27. The van der Waals surface area contributed by atoms with Crippen LogP contribution in [0.15, 0.2) is 12.1 Å². The first-order valence-electron chi connectivity index (χ1n) is 5.07. The van der Waals surface area contributed by atoms with E-state index in [-0.39, 0.29) is 18.7 Å². The average Bonchev–Trinajstić information content (AvgIpc) is 2.31. The van der Waals surface area contributed by atoms with Gasteiger partial charge in [0.2, 0.25) is 5.82 Å². The highest BCUT2D eigenvalue weighted by Gasteiger charge is 2.18. The number of rotatable bonds is 6. The number of hydrogen-bond donors (Lipinski definition) is 3. The second-order valence-electron chi connectivity index (χ2n) is 3.62. The molecule has 6 nitrogen and oxygen atoms in total. The van der Waals surface area contributed by atoms with Crippen molar-refractivity contribution in [3.05, 3.63) is 39.4 Å². The Morgan fingerprint density at radius 3 is 2.61 bits per heavy atom. The van der Waals surface area contributed by atoms with Gasteiger partial charge in [-0.3, -0.25) is 10.1 Å². The molecule has 3 N–H and O–H groups in total. The summed E-state index contributed by atoms with van der Waals surface area (Å²) in [6, 6.07) is 1.24. The average molecular weight is 262 g/mol. The minimum Gasteiger partial charge on any atom is -0.394 e. The van der Waals surface area contributed by atoms with E-state index >= 15 is 0 Å². The Labute approximate surface area is 101 Å². The van der Waals surface area contributed by atoms with Gasteiger partial charge in [0.05, 0.1) is 17.6 Å². The minimum atomic E-state index is -1.24. The molecule has 0 amide bonds. The molecular formula is C10H12F2N2O4. The molecule has 0 bridgehead atoms. The summed E-state index contributed by atoms with van der Waals surface area (Å²) in [6.45, 7) is -0.593. The Hall–Kier alpha value is -1.64. The third-order valence-corrected chi connectivity index (χ3v) is 2.22. The molecule has 1 aromatic rings. The minimum absolute atomic E-state index is 0.0128. The summed E-state index contributed by atoms with van der Waals surface area (Å²) in [7, 11) is 0. The first-order valence-corrected chi connectivity index (χ1v) is 5.07. The van der Waals surface area contributed by atoms with Gasteiger partial charge in [-0.25, -0.2) is 4.39 Å². The van der Waals surface area contributed by atoms with E-state index in [1.54, 1.807) is 0 Å². The molecule has 0 aliphatic carbocycles. The number of nitrogens with one attached hydrogen (secondary N) is 1. The lowest BCUT2D eigenvalue weighted by Crippen LogP contribution is -2.29. The van der Waals surface area contributed by atoms with E-state index < -0.39 is 35.0 Å². The van der Waals surface area contributed by atoms with Crippen molar-refractivity contribution in [2.24, 2.45) is 0 Å². The fourth-order valence-electron chi connectivity index (χ4n) is 1.29. The van der Waals surface area contributed by atoms with Gasteiger partial charge in [0.25, 0.3) is 0 Å². The first kappa shape index (κ1) is 14.4. The lowest BCUT2D eigenvalue weighted by atomic mass is 10.1. The summed E-state index contributed by atoms with van der Waals surface area (Å²) in [6.07, 6.45) is -1.01. The van der Waals surface area contributed by atoms with E-state index in [0.717, 1.165) is 6.07 Å². The molecule has 0 saturated heterocycles. The predicted octanol–water partition coefficient (Wildman–Crippen LogP) is 0.316. The van der Waals surface area contributed by atoms with Gasteiger partial charge in [0.1, 0.15) is 5.82 Å². The van der Waals surface area contributed by atoms with Gasteiger partial charge in [0, 0.05) is 30.8 Å². The first-order chi connectivity index (χ1) is 8.45. The van der Waals surface area contributed by atoms with Crippen molar-refractivity contribution < 1.29 is 23.9 Å². The molecule has 1 unspecified atom stereocenters. The van der Waals surface area contributed by atoms with Crippen molar-refractivity contribution in [2.45, 2.75) is 12.6 Å². The van der Waals surface area contributed by atoms with Crippen LogP contribution in [0.2, 0.25) is 0 Å². The Morgan fingerprint density at radius 2 is 2.06 bits per heavy atom. The standard InChI is InChI=1S/C10H12F2N2O4/c11-8-2-9(12)10(14(17)18)1-6(8)3-13-4-7(16)5-15/h1-2,7,13,15-16H,3-5H2. The Bertz CT molecular complexity index is 442. The molecule has 0 spiro atoms. The van der Waals surface area contributed by atoms with E-state index in [2.05, 4.69) is 5.32 Å². The van der Waals surface area contributed by atoms with Crippen LogP contribution in [0.4, 0.5) is 14.5 Å². The molecule has 0 aliphatic rings. The molecule has 0 fully saturated rings. The van der Waals surface area contributed by atoms with Crippen LogP contribution in [0, 0.1) is 21.7 Å². The normalized spacial score (nSPS) is 12.4. The molecule has 0 aromatic heterocycles. The number of nitrogens with zero attached hydrogens (tertiary/aromatic N) is 1. The smallest absolute Gasteiger partial charge is 0.305 e. The molecular weight excluding hydrogens is 250 g/mol. The lowest BCUT2D eigenvalue weighted by Gasteiger charge is -2.09. The number of nitro groups is 1. The van der Waals surface area contributed by atoms with Crippen molar-refractivity contribution in [1.29, 1.82) is 0 Å². The molecule has 0 aliphatic heterocycles. The van der Waals surface area contributed by atoms with Gasteiger partial charge in [-0.2, -0.15) is 4.39 Å². The van der Waals surface area contributed by atoms with Crippen molar-refractivity contribution in [3.63, 3.8) is 0 Å². The van der Waals surface area contributed by atoms with Crippen molar-refractivity contribution in [3.8, 4) is 0 Å². The molecule has 1 aromatic carbocycles. The van der Waals surface area contributed by atoms with Crippen LogP contribution < -0.4 is 5.32 Å². The molecule has 8 heteroatoms. The molecule has 1 rings (SSSR count). The number of hydrogen-bond acceptors (Lipinski definition) is 5. The van der Waals surface area contributed by atoms with E-state index in [1.165, 1.54) is 0 Å². The lowest BCUT2D eigenvalue weighted by molar-refractivity contribution is -0.387. The Morgan fingerprint density at radius 1 is 1.39 bits per heavy atom. The molecule has 0 heterocycles. The number of nitro benzene ring substituents is 1. The second-order valence-corrected chi connectivity index (χ2v) is 3.62. The van der Waals surface area contributed by atoms with Crippen molar-refractivity contribution in [2.75, 3.05) is 13.2 Å².